The maximum atomic E-state index is 9.24. The third kappa shape index (κ3) is 2.30. The molecule has 0 spiro atoms. The van der Waals surface area contributed by atoms with Gasteiger partial charge < -0.3 is 0 Å². The molecule has 18 heavy (non-hydrogen) atoms. The van der Waals surface area contributed by atoms with Gasteiger partial charge in [-0.15, -0.1) is 0 Å². The number of fused-ring (bicyclic) bond motifs is 1. The summed E-state index contributed by atoms with van der Waals surface area (Å²) in [6.07, 6.45) is 0. The van der Waals surface area contributed by atoms with Gasteiger partial charge in [-0.3, -0.25) is 0 Å². The van der Waals surface area contributed by atoms with E-state index in [2.05, 4.69) is 16.2 Å². The highest BCUT2D eigenvalue weighted by Gasteiger charge is 2.31. The third-order valence-electron chi connectivity index (χ3n) is 2.26. The third-order valence-corrected chi connectivity index (χ3v) is 4.16. The van der Waals surface area contributed by atoms with Crippen molar-refractivity contribution in [1.82, 2.24) is 14.6 Å². The number of nitrogens with zero attached hydrogens (tertiary/aromatic N) is 4. The second kappa shape index (κ2) is 4.24. The number of hydrogen-bond acceptors (Lipinski definition) is 4. The topological polar surface area (TPSA) is 54.0 Å². The van der Waals surface area contributed by atoms with E-state index in [0.29, 0.717) is 21.4 Å². The van der Waals surface area contributed by atoms with Crippen LogP contribution in [0.15, 0.2) is 0 Å². The van der Waals surface area contributed by atoms with Crippen LogP contribution in [0, 0.1) is 11.3 Å². The zero-order valence-electron chi connectivity index (χ0n) is 9.83. The van der Waals surface area contributed by atoms with Crippen molar-refractivity contribution in [2.24, 2.45) is 0 Å². The fraction of sp³-hybridized carbons (Fsp3) is 0.500. The monoisotopic (exact) mass is 322 g/mol. The number of aromatic nitrogens is 3. The van der Waals surface area contributed by atoms with Crippen LogP contribution in [-0.4, -0.2) is 14.6 Å². The van der Waals surface area contributed by atoms with Crippen molar-refractivity contribution in [2.45, 2.75) is 30.0 Å². The van der Waals surface area contributed by atoms with Crippen molar-refractivity contribution in [3.05, 3.63) is 16.4 Å². The second-order valence-corrected chi connectivity index (χ2v) is 8.01. The Balaban J connectivity index is 2.70. The zero-order valence-corrected chi connectivity index (χ0v) is 12.9. The van der Waals surface area contributed by atoms with Crippen LogP contribution in [-0.2, 0) is 9.21 Å². The Bertz CT molecular complexity index is 639. The Hall–Kier alpha value is -0.540. The van der Waals surface area contributed by atoms with Crippen LogP contribution in [0.5, 0.6) is 0 Å². The number of alkyl halides is 3. The molecule has 2 rings (SSSR count). The molecular weight excluding hydrogens is 315 g/mol. The summed E-state index contributed by atoms with van der Waals surface area (Å²) < 4.78 is -0.164. The van der Waals surface area contributed by atoms with Gasteiger partial charge in [-0.25, -0.2) is 4.98 Å². The standard InChI is InChI=1S/C10H9Cl3N4S/c1-9(2,3)6-5(4-14)17-8(15-6)18-7(16-17)10(11,12)13/h1-3H3. The zero-order chi connectivity index (χ0) is 13.7. The van der Waals surface area contributed by atoms with Gasteiger partial charge in [0, 0.05) is 5.41 Å². The Morgan fingerprint density at radius 2 is 1.89 bits per heavy atom. The summed E-state index contributed by atoms with van der Waals surface area (Å²) in [6.45, 7) is 5.95. The molecule has 0 fully saturated rings. The van der Waals surface area contributed by atoms with Crippen molar-refractivity contribution in [3.63, 3.8) is 0 Å². The molecule has 0 bridgehead atoms. The molecule has 2 aromatic heterocycles. The number of nitriles is 1. The predicted octanol–water partition coefficient (Wildman–Crippen LogP) is 3.79. The van der Waals surface area contributed by atoms with Gasteiger partial charge in [0.1, 0.15) is 6.07 Å². The van der Waals surface area contributed by atoms with Gasteiger partial charge in [0.05, 0.1) is 5.69 Å². The van der Waals surface area contributed by atoms with Crippen LogP contribution < -0.4 is 0 Å². The molecule has 0 aliphatic heterocycles. The molecule has 0 aliphatic carbocycles. The average molecular weight is 324 g/mol. The summed E-state index contributed by atoms with van der Waals surface area (Å²) in [5.74, 6) is 0. The van der Waals surface area contributed by atoms with Crippen molar-refractivity contribution in [3.8, 4) is 6.07 Å². The van der Waals surface area contributed by atoms with Crippen molar-refractivity contribution < 1.29 is 0 Å². The summed E-state index contributed by atoms with van der Waals surface area (Å²) in [5.41, 5.74) is 0.840. The van der Waals surface area contributed by atoms with Crippen molar-refractivity contribution in [1.29, 1.82) is 5.26 Å². The van der Waals surface area contributed by atoms with Crippen LogP contribution in [0.1, 0.15) is 37.2 Å². The largest absolute Gasteiger partial charge is 0.243 e. The molecular formula is C10H9Cl3N4S. The van der Waals surface area contributed by atoms with Gasteiger partial charge in [-0.1, -0.05) is 66.9 Å². The molecule has 0 radical (unpaired) electrons. The molecule has 0 atom stereocenters. The SMILES string of the molecule is CC(C)(C)c1nc2sc(C(Cl)(Cl)Cl)nn2c1C#N. The summed E-state index contributed by atoms with van der Waals surface area (Å²) in [5, 5.41) is 13.7. The van der Waals surface area contributed by atoms with E-state index >= 15 is 0 Å². The normalized spacial score (nSPS) is 12.9. The van der Waals surface area contributed by atoms with E-state index in [1.165, 1.54) is 4.52 Å². The smallest absolute Gasteiger partial charge is 0.221 e. The summed E-state index contributed by atoms with van der Waals surface area (Å²) >= 11 is 18.5. The van der Waals surface area contributed by atoms with Crippen molar-refractivity contribution >= 4 is 51.1 Å². The number of imidazole rings is 1. The van der Waals surface area contributed by atoms with Gasteiger partial charge in [-0.05, 0) is 0 Å². The van der Waals surface area contributed by atoms with E-state index in [-0.39, 0.29) is 5.41 Å². The van der Waals surface area contributed by atoms with Gasteiger partial charge in [0.25, 0.3) is 0 Å². The molecule has 0 N–H and O–H groups in total. The average Bonchev–Trinajstić information content (AvgIpc) is 2.69. The second-order valence-electron chi connectivity index (χ2n) is 4.77. The lowest BCUT2D eigenvalue weighted by Gasteiger charge is -2.15. The highest BCUT2D eigenvalue weighted by molar-refractivity contribution is 7.17. The minimum absolute atomic E-state index is 0.237. The lowest BCUT2D eigenvalue weighted by Crippen LogP contribution is -2.14. The maximum Gasteiger partial charge on any atom is 0.243 e. The van der Waals surface area contributed by atoms with E-state index in [4.69, 9.17) is 34.8 Å². The Morgan fingerprint density at radius 3 is 2.33 bits per heavy atom. The lowest BCUT2D eigenvalue weighted by molar-refractivity contribution is 0.570. The van der Waals surface area contributed by atoms with E-state index in [1.807, 2.05) is 20.8 Å². The molecule has 4 nitrogen and oxygen atoms in total. The van der Waals surface area contributed by atoms with Crippen LogP contribution in [0.2, 0.25) is 0 Å². The molecule has 0 amide bonds. The first-order valence-corrected chi connectivity index (χ1v) is 6.97. The van der Waals surface area contributed by atoms with Crippen LogP contribution in [0.3, 0.4) is 0 Å². The molecule has 0 saturated heterocycles. The quantitative estimate of drug-likeness (QED) is 0.693. The minimum atomic E-state index is -1.60. The fourth-order valence-corrected chi connectivity index (χ4v) is 2.71. The maximum absolute atomic E-state index is 9.24. The van der Waals surface area contributed by atoms with Crippen LogP contribution in [0.25, 0.3) is 4.96 Å². The van der Waals surface area contributed by atoms with E-state index in [9.17, 15) is 5.26 Å². The first-order valence-electron chi connectivity index (χ1n) is 5.02. The highest BCUT2D eigenvalue weighted by Crippen LogP contribution is 2.41. The van der Waals surface area contributed by atoms with Gasteiger partial charge in [0.2, 0.25) is 8.75 Å². The lowest BCUT2D eigenvalue weighted by atomic mass is 9.91. The molecule has 0 saturated carbocycles. The predicted molar refractivity (Wildman–Crippen MR) is 73.5 cm³/mol. The molecule has 0 aromatic carbocycles. The van der Waals surface area contributed by atoms with E-state index in [1.54, 1.807) is 0 Å². The number of rotatable bonds is 0. The molecule has 2 heterocycles. The fourth-order valence-electron chi connectivity index (χ4n) is 1.49. The first kappa shape index (κ1) is 13.9. The van der Waals surface area contributed by atoms with Crippen LogP contribution in [0.4, 0.5) is 0 Å². The number of halogens is 3. The van der Waals surface area contributed by atoms with Gasteiger partial charge in [0.15, 0.2) is 10.7 Å². The Labute approximate surface area is 123 Å². The summed E-state index contributed by atoms with van der Waals surface area (Å²) in [6, 6.07) is 2.11. The molecule has 2 aromatic rings. The minimum Gasteiger partial charge on any atom is -0.221 e. The highest BCUT2D eigenvalue weighted by atomic mass is 35.6. The Kier molecular flexibility index (Phi) is 3.27. The van der Waals surface area contributed by atoms with Gasteiger partial charge >= 0.3 is 0 Å². The molecule has 0 aliphatic rings. The molecule has 96 valence electrons. The summed E-state index contributed by atoms with van der Waals surface area (Å²) in [7, 11) is 0. The van der Waals surface area contributed by atoms with E-state index < -0.39 is 3.79 Å². The van der Waals surface area contributed by atoms with Crippen LogP contribution >= 0.6 is 46.1 Å². The van der Waals surface area contributed by atoms with Crippen molar-refractivity contribution in [2.75, 3.05) is 0 Å². The van der Waals surface area contributed by atoms with Gasteiger partial charge in [-0.2, -0.15) is 14.9 Å². The molecule has 0 unspecified atom stereocenters. The molecule has 8 heteroatoms. The Morgan fingerprint density at radius 1 is 1.28 bits per heavy atom. The van der Waals surface area contributed by atoms with E-state index in [0.717, 1.165) is 11.3 Å². The first-order chi connectivity index (χ1) is 8.14. The summed E-state index contributed by atoms with van der Waals surface area (Å²) in [4.78, 5) is 4.96. The number of hydrogen-bond donors (Lipinski definition) is 0.